The van der Waals surface area contributed by atoms with Gasteiger partial charge in [0, 0.05) is 12.5 Å². The van der Waals surface area contributed by atoms with Crippen LogP contribution in [0.25, 0.3) is 0 Å². The van der Waals surface area contributed by atoms with Crippen LogP contribution in [0.1, 0.15) is 30.9 Å². The molecule has 0 bridgehead atoms. The van der Waals surface area contributed by atoms with Crippen molar-refractivity contribution < 1.29 is 18.3 Å². The Morgan fingerprint density at radius 3 is 2.53 bits per heavy atom. The lowest BCUT2D eigenvalue weighted by molar-refractivity contribution is -0.137. The molecule has 1 aliphatic heterocycles. The van der Waals surface area contributed by atoms with Crippen LogP contribution in [-0.4, -0.2) is 18.2 Å². The predicted molar refractivity (Wildman–Crippen MR) is 66.6 cm³/mol. The molecule has 1 fully saturated rings. The van der Waals surface area contributed by atoms with Crippen molar-refractivity contribution in [2.24, 2.45) is 5.92 Å². The van der Waals surface area contributed by atoms with Crippen LogP contribution in [0.15, 0.2) is 24.3 Å². The van der Waals surface area contributed by atoms with E-state index >= 15 is 0 Å². The second-order valence-electron chi connectivity index (χ2n) is 5.05. The Bertz CT molecular complexity index is 441. The van der Waals surface area contributed by atoms with E-state index in [9.17, 15) is 18.3 Å². The lowest BCUT2D eigenvalue weighted by Gasteiger charge is -2.33. The van der Waals surface area contributed by atoms with Crippen molar-refractivity contribution in [3.05, 3.63) is 35.4 Å². The molecule has 0 aromatic heterocycles. The number of hydrogen-bond acceptors (Lipinski definition) is 2. The van der Waals surface area contributed by atoms with Crippen LogP contribution in [0.5, 0.6) is 0 Å². The fraction of sp³-hybridized carbons (Fsp3) is 0.571. The van der Waals surface area contributed by atoms with Crippen molar-refractivity contribution in [3.63, 3.8) is 0 Å². The molecule has 0 spiro atoms. The van der Waals surface area contributed by atoms with Crippen molar-refractivity contribution >= 4 is 0 Å². The van der Waals surface area contributed by atoms with Crippen LogP contribution < -0.4 is 5.32 Å². The third-order valence-corrected chi connectivity index (χ3v) is 3.96. The quantitative estimate of drug-likeness (QED) is 0.887. The minimum absolute atomic E-state index is 0.0408. The highest BCUT2D eigenvalue weighted by atomic mass is 19.4. The second kappa shape index (κ2) is 5.13. The molecule has 19 heavy (non-hydrogen) atoms. The van der Waals surface area contributed by atoms with E-state index in [1.54, 1.807) is 13.0 Å². The van der Waals surface area contributed by atoms with Gasteiger partial charge in [0.15, 0.2) is 0 Å². The van der Waals surface area contributed by atoms with Gasteiger partial charge in [-0.25, -0.2) is 0 Å². The third kappa shape index (κ3) is 2.77. The van der Waals surface area contributed by atoms with E-state index in [1.165, 1.54) is 6.07 Å². The highest BCUT2D eigenvalue weighted by molar-refractivity contribution is 5.31. The number of benzene rings is 1. The Kier molecular flexibility index (Phi) is 3.87. The molecule has 1 aliphatic rings. The van der Waals surface area contributed by atoms with E-state index in [4.69, 9.17) is 0 Å². The van der Waals surface area contributed by atoms with Gasteiger partial charge in [0.25, 0.3) is 0 Å². The van der Waals surface area contributed by atoms with E-state index in [2.05, 4.69) is 5.32 Å². The van der Waals surface area contributed by atoms with Crippen molar-refractivity contribution in [1.29, 1.82) is 0 Å². The van der Waals surface area contributed by atoms with Gasteiger partial charge in [-0.05, 0) is 37.1 Å². The van der Waals surface area contributed by atoms with Crippen molar-refractivity contribution in [2.75, 3.05) is 13.1 Å². The average molecular weight is 273 g/mol. The molecule has 0 saturated carbocycles. The van der Waals surface area contributed by atoms with E-state index in [0.29, 0.717) is 18.5 Å². The molecule has 5 heteroatoms. The van der Waals surface area contributed by atoms with Gasteiger partial charge in [-0.3, -0.25) is 0 Å². The van der Waals surface area contributed by atoms with Gasteiger partial charge in [-0.2, -0.15) is 13.2 Å². The van der Waals surface area contributed by atoms with Gasteiger partial charge in [-0.15, -0.1) is 0 Å². The minimum atomic E-state index is -4.38. The topological polar surface area (TPSA) is 32.3 Å². The molecular formula is C14H18F3NO. The number of hydrogen-bond donors (Lipinski definition) is 2. The molecule has 0 unspecified atom stereocenters. The summed E-state index contributed by atoms with van der Waals surface area (Å²) in [7, 11) is 0. The lowest BCUT2D eigenvalue weighted by atomic mass is 9.78. The fourth-order valence-electron chi connectivity index (χ4n) is 2.76. The number of aliphatic hydroxyl groups is 1. The number of halogens is 3. The SMILES string of the molecule is CC[C@](O)(c1cccc(C(F)(F)F)c1)[C@@H]1CCNC1. The Labute approximate surface area is 110 Å². The van der Waals surface area contributed by atoms with Crippen LogP contribution >= 0.6 is 0 Å². The van der Waals surface area contributed by atoms with Crippen LogP contribution in [-0.2, 0) is 11.8 Å². The fourth-order valence-corrected chi connectivity index (χ4v) is 2.76. The summed E-state index contributed by atoms with van der Waals surface area (Å²) in [5.74, 6) is -0.0408. The highest BCUT2D eigenvalue weighted by Gasteiger charge is 2.40. The molecule has 0 radical (unpaired) electrons. The maximum Gasteiger partial charge on any atom is 0.416 e. The van der Waals surface area contributed by atoms with Gasteiger partial charge in [0.05, 0.1) is 11.2 Å². The molecule has 106 valence electrons. The average Bonchev–Trinajstić information content (AvgIpc) is 2.91. The molecule has 2 N–H and O–H groups in total. The zero-order valence-electron chi connectivity index (χ0n) is 10.8. The zero-order chi connectivity index (χ0) is 14.1. The predicted octanol–water partition coefficient (Wildman–Crippen LogP) is 2.91. The van der Waals surface area contributed by atoms with Crippen LogP contribution in [0.2, 0.25) is 0 Å². The first-order chi connectivity index (χ1) is 8.88. The van der Waals surface area contributed by atoms with Crippen LogP contribution in [0, 0.1) is 5.92 Å². The second-order valence-corrected chi connectivity index (χ2v) is 5.05. The van der Waals surface area contributed by atoms with E-state index in [0.717, 1.165) is 25.1 Å². The summed E-state index contributed by atoms with van der Waals surface area (Å²) in [6, 6.07) is 5.05. The highest BCUT2D eigenvalue weighted by Crippen LogP contribution is 2.39. The first kappa shape index (κ1) is 14.3. The van der Waals surface area contributed by atoms with Gasteiger partial charge in [0.2, 0.25) is 0 Å². The molecule has 0 aliphatic carbocycles. The van der Waals surface area contributed by atoms with Crippen molar-refractivity contribution in [3.8, 4) is 0 Å². The monoisotopic (exact) mass is 273 g/mol. The van der Waals surface area contributed by atoms with Gasteiger partial charge in [-0.1, -0.05) is 19.1 Å². The summed E-state index contributed by atoms with van der Waals surface area (Å²) in [5, 5.41) is 13.9. The van der Waals surface area contributed by atoms with Gasteiger partial charge >= 0.3 is 6.18 Å². The molecule has 1 aromatic rings. The Morgan fingerprint density at radius 2 is 2.00 bits per heavy atom. The molecule has 0 amide bonds. The van der Waals surface area contributed by atoms with E-state index in [1.807, 2.05) is 0 Å². The van der Waals surface area contributed by atoms with Crippen molar-refractivity contribution in [2.45, 2.75) is 31.5 Å². The Hall–Kier alpha value is -1.07. The summed E-state index contributed by atoms with van der Waals surface area (Å²) in [6.45, 7) is 3.24. The summed E-state index contributed by atoms with van der Waals surface area (Å²) in [5.41, 5.74) is -1.54. The first-order valence-electron chi connectivity index (χ1n) is 6.48. The first-order valence-corrected chi connectivity index (χ1v) is 6.48. The summed E-state index contributed by atoms with van der Waals surface area (Å²) in [6.07, 6.45) is -3.19. The largest absolute Gasteiger partial charge is 0.416 e. The van der Waals surface area contributed by atoms with E-state index < -0.39 is 17.3 Å². The van der Waals surface area contributed by atoms with Gasteiger partial charge in [0.1, 0.15) is 0 Å². The summed E-state index contributed by atoms with van der Waals surface area (Å²) in [4.78, 5) is 0. The number of rotatable bonds is 3. The number of alkyl halides is 3. The molecule has 1 heterocycles. The number of nitrogens with one attached hydrogen (secondary N) is 1. The normalized spacial score (nSPS) is 23.3. The standard InChI is InChI=1S/C14H18F3NO/c1-2-13(19,12-6-7-18-9-12)10-4-3-5-11(8-10)14(15,16)17/h3-5,8,12,18-19H,2,6-7,9H2,1H3/t12-,13+/m1/s1. The molecule has 2 rings (SSSR count). The Morgan fingerprint density at radius 1 is 1.32 bits per heavy atom. The summed E-state index contributed by atoms with van der Waals surface area (Å²) < 4.78 is 38.2. The van der Waals surface area contributed by atoms with Crippen LogP contribution in [0.4, 0.5) is 13.2 Å². The summed E-state index contributed by atoms with van der Waals surface area (Å²) >= 11 is 0. The maximum absolute atomic E-state index is 12.7. The Balaban J connectivity index is 2.38. The maximum atomic E-state index is 12.7. The minimum Gasteiger partial charge on any atom is -0.385 e. The van der Waals surface area contributed by atoms with E-state index in [-0.39, 0.29) is 5.92 Å². The molecule has 2 nitrogen and oxygen atoms in total. The molecule has 1 saturated heterocycles. The molecule has 1 aromatic carbocycles. The van der Waals surface area contributed by atoms with Crippen molar-refractivity contribution in [1.82, 2.24) is 5.32 Å². The lowest BCUT2D eigenvalue weighted by Crippen LogP contribution is -2.36. The smallest absolute Gasteiger partial charge is 0.385 e. The third-order valence-electron chi connectivity index (χ3n) is 3.96. The molecular weight excluding hydrogens is 255 g/mol. The zero-order valence-corrected chi connectivity index (χ0v) is 10.8. The van der Waals surface area contributed by atoms with Crippen LogP contribution in [0.3, 0.4) is 0 Å². The molecule has 2 atom stereocenters. The van der Waals surface area contributed by atoms with Gasteiger partial charge < -0.3 is 10.4 Å².